The number of hydrogen-bond acceptors (Lipinski definition) is 8. The van der Waals surface area contributed by atoms with Crippen LogP contribution >= 0.6 is 0 Å². The Morgan fingerprint density at radius 2 is 2.20 bits per heavy atom. The number of fused-ring (bicyclic) bond motifs is 1. The predicted octanol–water partition coefficient (Wildman–Crippen LogP) is -2.69. The van der Waals surface area contributed by atoms with E-state index in [0.717, 1.165) is 0 Å². The first-order valence-electron chi connectivity index (χ1n) is 5.87. The Labute approximate surface area is 111 Å². The summed E-state index contributed by atoms with van der Waals surface area (Å²) in [5.74, 6) is -0.101. The number of hydrogen-bond donors (Lipinski definition) is 5. The van der Waals surface area contributed by atoms with Gasteiger partial charge in [-0.15, -0.1) is 0 Å². The first kappa shape index (κ1) is 13.0. The topological polar surface area (TPSA) is 160 Å². The van der Waals surface area contributed by atoms with Crippen molar-refractivity contribution >= 4 is 17.1 Å². The summed E-state index contributed by atoms with van der Waals surface area (Å²) in [6.45, 7) is -0.447. The average molecular weight is 283 g/mol. The van der Waals surface area contributed by atoms with E-state index >= 15 is 0 Å². The quantitative estimate of drug-likeness (QED) is 0.398. The monoisotopic (exact) mass is 283 g/mol. The zero-order valence-corrected chi connectivity index (χ0v) is 10.2. The van der Waals surface area contributed by atoms with Crippen LogP contribution in [0.1, 0.15) is 6.23 Å². The molecular formula is C10H13N5O5. The van der Waals surface area contributed by atoms with Crippen molar-refractivity contribution in [2.45, 2.75) is 24.5 Å². The van der Waals surface area contributed by atoms with Crippen LogP contribution in [0, 0.1) is 0 Å². The number of rotatable bonds is 2. The second kappa shape index (κ2) is 4.52. The van der Waals surface area contributed by atoms with E-state index in [0.29, 0.717) is 0 Å². The van der Waals surface area contributed by atoms with Gasteiger partial charge in [0.15, 0.2) is 17.4 Å². The van der Waals surface area contributed by atoms with Gasteiger partial charge < -0.3 is 25.8 Å². The summed E-state index contributed by atoms with van der Waals surface area (Å²) in [6.07, 6.45) is -3.21. The zero-order chi connectivity index (χ0) is 14.4. The highest BCUT2D eigenvalue weighted by molar-refractivity contribution is 5.70. The van der Waals surface area contributed by atoms with Crippen LogP contribution in [-0.2, 0) is 4.74 Å². The Hall–Kier alpha value is -2.01. The third kappa shape index (κ3) is 1.78. The number of nitrogens with one attached hydrogen (secondary N) is 1. The van der Waals surface area contributed by atoms with Crippen LogP contribution in [0.25, 0.3) is 11.2 Å². The van der Waals surface area contributed by atoms with Crippen LogP contribution in [0.2, 0.25) is 0 Å². The van der Waals surface area contributed by atoms with Gasteiger partial charge in [0.2, 0.25) is 5.95 Å². The summed E-state index contributed by atoms with van der Waals surface area (Å²) < 4.78 is 6.64. The molecule has 0 amide bonds. The number of aromatic nitrogens is 4. The van der Waals surface area contributed by atoms with Gasteiger partial charge >= 0.3 is 0 Å². The molecule has 1 saturated heterocycles. The molecule has 0 aromatic carbocycles. The molecule has 4 atom stereocenters. The van der Waals surface area contributed by atoms with Crippen molar-refractivity contribution in [1.29, 1.82) is 0 Å². The third-order valence-corrected chi connectivity index (χ3v) is 3.24. The molecule has 0 unspecified atom stereocenters. The number of aliphatic hydroxyl groups excluding tert-OH is 3. The number of nitrogen functional groups attached to an aromatic ring is 1. The zero-order valence-electron chi connectivity index (χ0n) is 10.2. The van der Waals surface area contributed by atoms with Gasteiger partial charge in [-0.2, -0.15) is 4.98 Å². The minimum Gasteiger partial charge on any atom is -0.394 e. The number of H-pyrrole nitrogens is 1. The lowest BCUT2D eigenvalue weighted by atomic mass is 10.1. The van der Waals surface area contributed by atoms with Crippen molar-refractivity contribution in [2.24, 2.45) is 0 Å². The fourth-order valence-corrected chi connectivity index (χ4v) is 2.24. The molecule has 1 aliphatic rings. The maximum atomic E-state index is 11.7. The lowest BCUT2D eigenvalue weighted by molar-refractivity contribution is -0.0511. The second-order valence-electron chi connectivity index (χ2n) is 4.50. The van der Waals surface area contributed by atoms with Crippen LogP contribution < -0.4 is 11.3 Å². The Morgan fingerprint density at radius 1 is 1.45 bits per heavy atom. The Kier molecular flexibility index (Phi) is 2.94. The highest BCUT2D eigenvalue weighted by atomic mass is 16.6. The van der Waals surface area contributed by atoms with Gasteiger partial charge in [0.25, 0.3) is 5.56 Å². The van der Waals surface area contributed by atoms with Crippen molar-refractivity contribution in [3.63, 3.8) is 0 Å². The van der Waals surface area contributed by atoms with E-state index < -0.39 is 36.7 Å². The van der Waals surface area contributed by atoms with E-state index in [1.54, 1.807) is 0 Å². The number of ether oxygens (including phenoxy) is 1. The number of nitrogens with two attached hydrogens (primary N) is 1. The van der Waals surface area contributed by atoms with E-state index in [2.05, 4.69) is 15.0 Å². The Balaban J connectivity index is 2.09. The number of anilines is 1. The fraction of sp³-hybridized carbons (Fsp3) is 0.500. The molecule has 3 heterocycles. The van der Waals surface area contributed by atoms with Crippen molar-refractivity contribution in [3.8, 4) is 0 Å². The van der Waals surface area contributed by atoms with Crippen molar-refractivity contribution in [3.05, 3.63) is 16.7 Å². The summed E-state index contributed by atoms with van der Waals surface area (Å²) in [6, 6.07) is 0. The van der Waals surface area contributed by atoms with E-state index in [1.807, 2.05) is 0 Å². The van der Waals surface area contributed by atoms with Crippen LogP contribution in [0.3, 0.4) is 0 Å². The molecule has 0 saturated carbocycles. The van der Waals surface area contributed by atoms with E-state index in [4.69, 9.17) is 15.6 Å². The maximum Gasteiger partial charge on any atom is 0.280 e. The fourth-order valence-electron chi connectivity index (χ4n) is 2.24. The van der Waals surface area contributed by atoms with E-state index in [-0.39, 0.29) is 17.1 Å². The first-order chi connectivity index (χ1) is 9.52. The van der Waals surface area contributed by atoms with E-state index in [1.165, 1.54) is 10.9 Å². The van der Waals surface area contributed by atoms with Crippen LogP contribution in [-0.4, -0.2) is 59.8 Å². The molecule has 10 heteroatoms. The van der Waals surface area contributed by atoms with Gasteiger partial charge in [-0.3, -0.25) is 14.3 Å². The van der Waals surface area contributed by atoms with Crippen molar-refractivity contribution in [2.75, 3.05) is 12.3 Å². The summed E-state index contributed by atoms with van der Waals surface area (Å²) in [5.41, 5.74) is 5.12. The molecule has 20 heavy (non-hydrogen) atoms. The Morgan fingerprint density at radius 3 is 2.85 bits per heavy atom. The highest BCUT2D eigenvalue weighted by Gasteiger charge is 2.44. The molecule has 0 bridgehead atoms. The smallest absolute Gasteiger partial charge is 0.280 e. The van der Waals surface area contributed by atoms with Gasteiger partial charge in [0.1, 0.15) is 18.3 Å². The number of nitrogens with zero attached hydrogens (tertiary/aromatic N) is 3. The minimum absolute atomic E-state index is 0.0388. The largest absolute Gasteiger partial charge is 0.394 e. The minimum atomic E-state index is -1.29. The van der Waals surface area contributed by atoms with Gasteiger partial charge in [0.05, 0.1) is 12.9 Å². The lowest BCUT2D eigenvalue weighted by Crippen LogP contribution is -2.33. The molecular weight excluding hydrogens is 270 g/mol. The molecule has 2 aromatic rings. The van der Waals surface area contributed by atoms with Crippen LogP contribution in [0.15, 0.2) is 11.1 Å². The van der Waals surface area contributed by atoms with Gasteiger partial charge in [-0.25, -0.2) is 4.98 Å². The molecule has 2 aromatic heterocycles. The summed E-state index contributed by atoms with van der Waals surface area (Å²) in [7, 11) is 0. The standard InChI is InChI=1S/C10H13N5O5/c11-10-13-7-4(8(19)14-10)12-2-15(7)9-6(18)5(17)3(1-16)20-9/h2-3,5-6,9,16-18H,1H2,(H3,11,13,14,19)/t3-,5-,6+,9-/m0/s1. The van der Waals surface area contributed by atoms with Crippen LogP contribution in [0.5, 0.6) is 0 Å². The molecule has 1 fully saturated rings. The molecule has 6 N–H and O–H groups in total. The second-order valence-corrected chi connectivity index (χ2v) is 4.50. The lowest BCUT2D eigenvalue weighted by Gasteiger charge is -2.16. The molecule has 1 aliphatic heterocycles. The molecule has 10 nitrogen and oxygen atoms in total. The molecule has 108 valence electrons. The molecule has 3 rings (SSSR count). The first-order valence-corrected chi connectivity index (χ1v) is 5.87. The van der Waals surface area contributed by atoms with Crippen molar-refractivity contribution < 1.29 is 20.1 Å². The molecule has 0 radical (unpaired) electrons. The number of aliphatic hydroxyl groups is 3. The SMILES string of the molecule is Nc1nc2c(ncn2[C@H]2O[C@@H](CO)[C@H](O)[C@H]2O)c(=O)[nH]1. The number of aromatic amines is 1. The van der Waals surface area contributed by atoms with Crippen LogP contribution in [0.4, 0.5) is 5.95 Å². The number of imidazole rings is 1. The summed E-state index contributed by atoms with van der Waals surface area (Å²) in [4.78, 5) is 21.8. The Bertz CT molecular complexity index is 697. The molecule has 0 spiro atoms. The van der Waals surface area contributed by atoms with Crippen molar-refractivity contribution in [1.82, 2.24) is 19.5 Å². The average Bonchev–Trinajstić information content (AvgIpc) is 2.93. The highest BCUT2D eigenvalue weighted by Crippen LogP contribution is 2.30. The van der Waals surface area contributed by atoms with Gasteiger partial charge in [-0.1, -0.05) is 0 Å². The van der Waals surface area contributed by atoms with Gasteiger partial charge in [0, 0.05) is 0 Å². The normalized spacial score (nSPS) is 30.1. The third-order valence-electron chi connectivity index (χ3n) is 3.24. The summed E-state index contributed by atoms with van der Waals surface area (Å²) >= 11 is 0. The van der Waals surface area contributed by atoms with Gasteiger partial charge in [-0.05, 0) is 0 Å². The predicted molar refractivity (Wildman–Crippen MR) is 65.6 cm³/mol. The maximum absolute atomic E-state index is 11.7. The van der Waals surface area contributed by atoms with E-state index in [9.17, 15) is 15.0 Å². The summed E-state index contributed by atoms with van der Waals surface area (Å²) in [5, 5.41) is 28.7. The molecule has 0 aliphatic carbocycles.